The largest absolute Gasteiger partial charge is 0.397 e. The van der Waals surface area contributed by atoms with E-state index in [1.54, 1.807) is 0 Å². The van der Waals surface area contributed by atoms with Crippen LogP contribution in [0.4, 0.5) is 0 Å². The average molecular weight is 454 g/mol. The van der Waals surface area contributed by atoms with Crippen molar-refractivity contribution in [2.45, 2.75) is 19.4 Å². The molecule has 28 heavy (non-hydrogen) atoms. The summed E-state index contributed by atoms with van der Waals surface area (Å²) in [4.78, 5) is 0. The van der Waals surface area contributed by atoms with E-state index in [9.17, 15) is 5.11 Å². The van der Waals surface area contributed by atoms with Crippen LogP contribution in [-0.4, -0.2) is 10.7 Å². The first kappa shape index (κ1) is 26.1. The van der Waals surface area contributed by atoms with Crippen LogP contribution in [0.1, 0.15) is 25.0 Å². The second kappa shape index (κ2) is 14.2. The molecule has 1 nitrogen and oxygen atoms in total. The molecule has 0 unspecified atom stereocenters. The maximum absolute atomic E-state index is 10.2. The van der Waals surface area contributed by atoms with E-state index in [0.717, 1.165) is 16.7 Å². The van der Waals surface area contributed by atoms with Crippen LogP contribution in [0.3, 0.4) is 0 Å². The van der Waals surface area contributed by atoms with Gasteiger partial charge in [0.2, 0.25) is 0 Å². The molecule has 1 N–H and O–H groups in total. The summed E-state index contributed by atoms with van der Waals surface area (Å²) in [6.45, 7) is 3.63. The minimum Gasteiger partial charge on any atom is -0.397 e. The molecule has 0 bridgehead atoms. The van der Waals surface area contributed by atoms with Crippen LogP contribution in [0.25, 0.3) is 11.6 Å². The van der Waals surface area contributed by atoms with Crippen molar-refractivity contribution >= 4 is 11.6 Å². The molecule has 0 aliphatic carbocycles. The number of hydrogen-bond donors (Lipinski definition) is 1. The summed E-state index contributed by atoms with van der Waals surface area (Å²) in [5.41, 5.74) is 2.32. The van der Waals surface area contributed by atoms with Crippen molar-refractivity contribution < 1.29 is 39.2 Å². The van der Waals surface area contributed by atoms with Crippen LogP contribution in [-0.2, 0) is 34.1 Å². The van der Waals surface area contributed by atoms with Gasteiger partial charge in [-0.25, -0.2) is 30.3 Å². The fourth-order valence-electron chi connectivity index (χ4n) is 2.46. The fraction of sp³-hybridized carbons (Fsp3) is 0.120. The Kier molecular flexibility index (Phi) is 13.2. The van der Waals surface area contributed by atoms with E-state index in [-0.39, 0.29) is 34.1 Å². The van der Waals surface area contributed by atoms with Gasteiger partial charge in [0.05, 0.1) is 0 Å². The molecule has 0 aliphatic rings. The third kappa shape index (κ3) is 9.90. The molecular formula is C25H26Fe2O-4. The van der Waals surface area contributed by atoms with Gasteiger partial charge in [-0.1, -0.05) is 0 Å². The van der Waals surface area contributed by atoms with Crippen molar-refractivity contribution in [2.75, 3.05) is 0 Å². The third-order valence-corrected chi connectivity index (χ3v) is 3.74. The zero-order valence-electron chi connectivity index (χ0n) is 16.1. The second-order valence-corrected chi connectivity index (χ2v) is 6.43. The summed E-state index contributed by atoms with van der Waals surface area (Å²) in [5, 5.41) is 10.2. The molecule has 0 spiro atoms. The minimum atomic E-state index is -0.828. The second-order valence-electron chi connectivity index (χ2n) is 6.43. The number of aliphatic hydroxyl groups is 1. The first-order valence-electron chi connectivity index (χ1n) is 8.79. The Morgan fingerprint density at radius 3 is 1.43 bits per heavy atom. The van der Waals surface area contributed by atoms with Crippen LogP contribution in [0.15, 0.2) is 109 Å². The Balaban J connectivity index is 0.000000500. The first-order valence-corrected chi connectivity index (χ1v) is 8.79. The van der Waals surface area contributed by atoms with Gasteiger partial charge in [-0.2, -0.15) is 102 Å². The number of hydrogen-bond acceptors (Lipinski definition) is 1. The van der Waals surface area contributed by atoms with Gasteiger partial charge in [0.15, 0.2) is 0 Å². The molecule has 4 aromatic carbocycles. The Hall–Kier alpha value is -1.86. The fourth-order valence-corrected chi connectivity index (χ4v) is 2.46. The van der Waals surface area contributed by atoms with Gasteiger partial charge in [0, 0.05) is 39.7 Å². The van der Waals surface area contributed by atoms with Gasteiger partial charge < -0.3 is 5.11 Å². The molecule has 0 aromatic heterocycles. The summed E-state index contributed by atoms with van der Waals surface area (Å²) >= 11 is 0. The molecule has 3 heteroatoms. The van der Waals surface area contributed by atoms with Crippen LogP contribution >= 0.6 is 0 Å². The van der Waals surface area contributed by atoms with Crippen LogP contribution in [0.2, 0.25) is 0 Å². The molecule has 0 fully saturated rings. The van der Waals surface area contributed by atoms with Gasteiger partial charge >= 0.3 is 0 Å². The Bertz CT molecular complexity index is 737. The van der Waals surface area contributed by atoms with Crippen molar-refractivity contribution in [1.29, 1.82) is 0 Å². The van der Waals surface area contributed by atoms with E-state index in [4.69, 9.17) is 0 Å². The summed E-state index contributed by atoms with van der Waals surface area (Å²) in [7, 11) is 0. The molecule has 0 saturated heterocycles. The van der Waals surface area contributed by atoms with E-state index >= 15 is 0 Å². The minimum absolute atomic E-state index is 0. The van der Waals surface area contributed by atoms with Crippen LogP contribution < -0.4 is 0 Å². The van der Waals surface area contributed by atoms with E-state index in [1.165, 1.54) is 0 Å². The quantitative estimate of drug-likeness (QED) is 0.287. The van der Waals surface area contributed by atoms with Gasteiger partial charge in [0.25, 0.3) is 0 Å². The normalized spacial score (nSPS) is 10.3. The van der Waals surface area contributed by atoms with Gasteiger partial charge in [-0.15, -0.1) is 0 Å². The average Bonchev–Trinajstić information content (AvgIpc) is 3.45. The van der Waals surface area contributed by atoms with E-state index in [2.05, 4.69) is 0 Å². The molecule has 0 heterocycles. The zero-order valence-corrected chi connectivity index (χ0v) is 18.3. The SMILES string of the molecule is CC(C)(O)C(=C[c-]1cccc1)[c-]1cccc1.[Fe].[Fe].c1cc[cH-]c1.c1cc[cH-]c1. The van der Waals surface area contributed by atoms with Crippen molar-refractivity contribution in [3.63, 3.8) is 0 Å². The molecule has 152 valence electrons. The predicted octanol–water partition coefficient (Wildman–Crippen LogP) is 6.24. The van der Waals surface area contributed by atoms with Crippen molar-refractivity contribution in [3.8, 4) is 0 Å². The van der Waals surface area contributed by atoms with E-state index in [0.29, 0.717) is 0 Å². The molecule has 0 atom stereocenters. The maximum Gasteiger partial charge on any atom is 0.0364 e. The Morgan fingerprint density at radius 2 is 1.11 bits per heavy atom. The van der Waals surface area contributed by atoms with E-state index in [1.807, 2.05) is 129 Å². The van der Waals surface area contributed by atoms with Crippen LogP contribution in [0, 0.1) is 0 Å². The van der Waals surface area contributed by atoms with Crippen molar-refractivity contribution in [1.82, 2.24) is 0 Å². The molecular weight excluding hydrogens is 428 g/mol. The van der Waals surface area contributed by atoms with Gasteiger partial charge in [0.1, 0.15) is 0 Å². The van der Waals surface area contributed by atoms with Crippen molar-refractivity contribution in [2.24, 2.45) is 0 Å². The van der Waals surface area contributed by atoms with E-state index < -0.39 is 5.60 Å². The molecule has 4 rings (SSSR count). The Labute approximate surface area is 190 Å². The molecule has 0 radical (unpaired) electrons. The number of rotatable bonds is 3. The van der Waals surface area contributed by atoms with Gasteiger partial charge in [-0.3, -0.25) is 0 Å². The molecule has 0 saturated carbocycles. The summed E-state index contributed by atoms with van der Waals surface area (Å²) in [6, 6.07) is 36.1. The summed E-state index contributed by atoms with van der Waals surface area (Å²) in [5.74, 6) is 0. The Morgan fingerprint density at radius 1 is 0.714 bits per heavy atom. The zero-order chi connectivity index (χ0) is 18.7. The predicted molar refractivity (Wildman–Crippen MR) is 112 cm³/mol. The third-order valence-electron chi connectivity index (χ3n) is 3.74. The summed E-state index contributed by atoms with van der Waals surface area (Å²) in [6.07, 6.45) is 2.04. The van der Waals surface area contributed by atoms with Crippen LogP contribution in [0.5, 0.6) is 0 Å². The topological polar surface area (TPSA) is 20.2 Å². The monoisotopic (exact) mass is 454 g/mol. The molecule has 0 aliphatic heterocycles. The molecule has 4 aromatic rings. The molecule has 0 amide bonds. The standard InChI is InChI=1S/C15H16O.2C5H5.2Fe/c1-15(2,16)14(13-9-5-6-10-13)11-12-7-3-4-8-12;2*1-2-4-5-3-1;;/h3-11,16H,1-2H3;2*1-5H;;/q-2;2*-1;;. The van der Waals surface area contributed by atoms with Gasteiger partial charge in [-0.05, 0) is 13.8 Å². The smallest absolute Gasteiger partial charge is 0.0364 e. The summed E-state index contributed by atoms with van der Waals surface area (Å²) < 4.78 is 0. The maximum atomic E-state index is 10.2. The first-order chi connectivity index (χ1) is 12.6. The van der Waals surface area contributed by atoms with Crippen molar-refractivity contribution in [3.05, 3.63) is 120 Å².